The monoisotopic (exact) mass is 280 g/mol. The normalized spacial score (nSPS) is 23.6. The van der Waals surface area contributed by atoms with Gasteiger partial charge in [-0.25, -0.2) is 0 Å². The van der Waals surface area contributed by atoms with E-state index in [-0.39, 0.29) is 5.92 Å². The lowest BCUT2D eigenvalue weighted by Crippen LogP contribution is -2.03. The van der Waals surface area contributed by atoms with Gasteiger partial charge >= 0.3 is 5.97 Å². The van der Waals surface area contributed by atoms with Crippen LogP contribution in [0.15, 0.2) is 12.1 Å². The standard InChI is InChI=1S/C16H24O2S/c1-4-11(8-12-9-14(12)16(17)18)15-6-5-13(19-15)7-10(2)3/h5-6,10-12,14H,4,7-9H2,1-3H3,(H,17,18). The highest BCUT2D eigenvalue weighted by atomic mass is 32.1. The molecule has 0 saturated heterocycles. The summed E-state index contributed by atoms with van der Waals surface area (Å²) < 4.78 is 0. The minimum Gasteiger partial charge on any atom is -0.481 e. The first-order chi connectivity index (χ1) is 9.01. The zero-order chi connectivity index (χ0) is 14.0. The lowest BCUT2D eigenvalue weighted by Gasteiger charge is -2.12. The number of aliphatic carboxylic acids is 1. The average Bonchev–Trinajstić information content (AvgIpc) is 2.97. The highest BCUT2D eigenvalue weighted by Crippen LogP contribution is 2.46. The number of carboxylic acid groups (broad SMARTS) is 1. The largest absolute Gasteiger partial charge is 0.481 e. The third kappa shape index (κ3) is 3.82. The molecule has 1 heterocycles. The van der Waals surface area contributed by atoms with Crippen molar-refractivity contribution in [1.29, 1.82) is 0 Å². The maximum Gasteiger partial charge on any atom is 0.306 e. The van der Waals surface area contributed by atoms with E-state index in [2.05, 4.69) is 32.9 Å². The third-order valence-corrected chi connectivity index (χ3v) is 5.28. The summed E-state index contributed by atoms with van der Waals surface area (Å²) in [5.41, 5.74) is 0. The predicted molar refractivity (Wildman–Crippen MR) is 79.7 cm³/mol. The van der Waals surface area contributed by atoms with Crippen LogP contribution in [0.4, 0.5) is 0 Å². The molecule has 0 spiro atoms. The molecule has 106 valence electrons. The van der Waals surface area contributed by atoms with Gasteiger partial charge < -0.3 is 5.11 Å². The quantitative estimate of drug-likeness (QED) is 0.795. The molecule has 0 aliphatic heterocycles. The van der Waals surface area contributed by atoms with E-state index in [0.717, 1.165) is 25.7 Å². The van der Waals surface area contributed by atoms with E-state index in [1.807, 2.05) is 11.3 Å². The first-order valence-electron chi connectivity index (χ1n) is 7.32. The number of carboxylic acids is 1. The van der Waals surface area contributed by atoms with E-state index in [1.165, 1.54) is 9.75 Å². The maximum absolute atomic E-state index is 10.9. The topological polar surface area (TPSA) is 37.3 Å². The van der Waals surface area contributed by atoms with Crippen LogP contribution in [0.2, 0.25) is 0 Å². The Morgan fingerprint density at radius 3 is 2.74 bits per heavy atom. The fourth-order valence-electron chi connectivity index (χ4n) is 2.79. The van der Waals surface area contributed by atoms with Crippen LogP contribution in [0.25, 0.3) is 0 Å². The first-order valence-corrected chi connectivity index (χ1v) is 8.14. The molecule has 1 fully saturated rings. The fourth-order valence-corrected chi connectivity index (χ4v) is 4.21. The van der Waals surface area contributed by atoms with E-state index in [0.29, 0.717) is 17.8 Å². The summed E-state index contributed by atoms with van der Waals surface area (Å²) in [6.07, 6.45) is 4.21. The number of hydrogen-bond donors (Lipinski definition) is 1. The molecular formula is C16H24O2S. The van der Waals surface area contributed by atoms with Crippen LogP contribution < -0.4 is 0 Å². The van der Waals surface area contributed by atoms with Gasteiger partial charge in [-0.15, -0.1) is 11.3 Å². The Labute approximate surface area is 119 Å². The Morgan fingerprint density at radius 2 is 2.21 bits per heavy atom. The van der Waals surface area contributed by atoms with Gasteiger partial charge in [-0.2, -0.15) is 0 Å². The summed E-state index contributed by atoms with van der Waals surface area (Å²) in [4.78, 5) is 13.8. The van der Waals surface area contributed by atoms with Gasteiger partial charge in [0.05, 0.1) is 5.92 Å². The Morgan fingerprint density at radius 1 is 1.47 bits per heavy atom. The Bertz CT molecular complexity index is 436. The first kappa shape index (κ1) is 14.6. The second-order valence-electron chi connectivity index (χ2n) is 6.18. The van der Waals surface area contributed by atoms with Crippen molar-refractivity contribution in [3.05, 3.63) is 21.9 Å². The fraction of sp³-hybridized carbons (Fsp3) is 0.688. The molecule has 1 aliphatic carbocycles. The van der Waals surface area contributed by atoms with Crippen molar-refractivity contribution < 1.29 is 9.90 Å². The molecule has 19 heavy (non-hydrogen) atoms. The molecule has 3 unspecified atom stereocenters. The van der Waals surface area contributed by atoms with Crippen molar-refractivity contribution in [2.45, 2.75) is 52.4 Å². The van der Waals surface area contributed by atoms with Gasteiger partial charge in [0.25, 0.3) is 0 Å². The Balaban J connectivity index is 1.94. The molecule has 1 N–H and O–H groups in total. The van der Waals surface area contributed by atoms with Crippen molar-refractivity contribution in [2.24, 2.45) is 17.8 Å². The van der Waals surface area contributed by atoms with Crippen LogP contribution in [0.5, 0.6) is 0 Å². The molecule has 3 heteroatoms. The third-order valence-electron chi connectivity index (χ3n) is 4.01. The highest BCUT2D eigenvalue weighted by molar-refractivity contribution is 7.12. The number of thiophene rings is 1. The number of rotatable bonds is 7. The van der Waals surface area contributed by atoms with Gasteiger partial charge in [-0.05, 0) is 55.6 Å². The van der Waals surface area contributed by atoms with Gasteiger partial charge in [0.1, 0.15) is 0 Å². The summed E-state index contributed by atoms with van der Waals surface area (Å²) >= 11 is 1.93. The smallest absolute Gasteiger partial charge is 0.306 e. The molecular weight excluding hydrogens is 256 g/mol. The molecule has 0 amide bonds. The van der Waals surface area contributed by atoms with E-state index < -0.39 is 5.97 Å². The van der Waals surface area contributed by atoms with Crippen LogP contribution in [-0.4, -0.2) is 11.1 Å². The van der Waals surface area contributed by atoms with Crippen LogP contribution in [0.3, 0.4) is 0 Å². The van der Waals surface area contributed by atoms with E-state index >= 15 is 0 Å². The SMILES string of the molecule is CCC(CC1CC1C(=O)O)c1ccc(CC(C)C)s1. The van der Waals surface area contributed by atoms with Crippen molar-refractivity contribution in [3.63, 3.8) is 0 Å². The Kier molecular flexibility index (Phi) is 4.67. The predicted octanol–water partition coefficient (Wildman–Crippen LogP) is 4.55. The Hall–Kier alpha value is -0.830. The zero-order valence-corrected chi connectivity index (χ0v) is 12.9. The molecule has 0 aromatic carbocycles. The molecule has 0 bridgehead atoms. The van der Waals surface area contributed by atoms with Gasteiger partial charge in [-0.3, -0.25) is 4.79 Å². The minimum atomic E-state index is -0.605. The molecule has 1 saturated carbocycles. The lowest BCUT2D eigenvalue weighted by molar-refractivity contribution is -0.138. The summed E-state index contributed by atoms with van der Waals surface area (Å²) in [6.45, 7) is 6.71. The average molecular weight is 280 g/mol. The number of carbonyl (C=O) groups is 1. The maximum atomic E-state index is 10.9. The summed E-state index contributed by atoms with van der Waals surface area (Å²) in [5, 5.41) is 8.99. The highest BCUT2D eigenvalue weighted by Gasteiger charge is 2.43. The van der Waals surface area contributed by atoms with Crippen molar-refractivity contribution in [1.82, 2.24) is 0 Å². The van der Waals surface area contributed by atoms with Crippen LogP contribution >= 0.6 is 11.3 Å². The van der Waals surface area contributed by atoms with Gasteiger partial charge in [0.2, 0.25) is 0 Å². The zero-order valence-electron chi connectivity index (χ0n) is 12.1. The van der Waals surface area contributed by atoms with Gasteiger partial charge in [0, 0.05) is 9.75 Å². The second kappa shape index (κ2) is 6.08. The summed E-state index contributed by atoms with van der Waals surface area (Å²) in [7, 11) is 0. The summed E-state index contributed by atoms with van der Waals surface area (Å²) in [5.74, 6) is 1.00. The minimum absolute atomic E-state index is 0.0656. The lowest BCUT2D eigenvalue weighted by atomic mass is 9.97. The molecule has 2 nitrogen and oxygen atoms in total. The molecule has 3 atom stereocenters. The molecule has 0 radical (unpaired) electrons. The number of hydrogen-bond acceptors (Lipinski definition) is 2. The van der Waals surface area contributed by atoms with E-state index in [9.17, 15) is 4.79 Å². The molecule has 1 aromatic rings. The molecule has 1 aromatic heterocycles. The van der Waals surface area contributed by atoms with Crippen molar-refractivity contribution in [2.75, 3.05) is 0 Å². The second-order valence-corrected chi connectivity index (χ2v) is 7.38. The summed E-state index contributed by atoms with van der Waals surface area (Å²) in [6, 6.07) is 4.51. The van der Waals surface area contributed by atoms with Crippen LogP contribution in [0.1, 0.15) is 55.7 Å². The van der Waals surface area contributed by atoms with Crippen molar-refractivity contribution >= 4 is 17.3 Å². The van der Waals surface area contributed by atoms with Crippen LogP contribution in [-0.2, 0) is 11.2 Å². The van der Waals surface area contributed by atoms with E-state index in [1.54, 1.807) is 0 Å². The van der Waals surface area contributed by atoms with Crippen LogP contribution in [0, 0.1) is 17.8 Å². The van der Waals surface area contributed by atoms with Gasteiger partial charge in [-0.1, -0.05) is 20.8 Å². The van der Waals surface area contributed by atoms with Crippen molar-refractivity contribution in [3.8, 4) is 0 Å². The molecule has 2 rings (SSSR count). The van der Waals surface area contributed by atoms with E-state index in [4.69, 9.17) is 5.11 Å². The molecule has 1 aliphatic rings. The van der Waals surface area contributed by atoms with Gasteiger partial charge in [0.15, 0.2) is 0 Å².